The molecule has 2 aromatic carbocycles. The van der Waals surface area contributed by atoms with Crippen molar-refractivity contribution < 1.29 is 4.42 Å². The van der Waals surface area contributed by atoms with Gasteiger partial charge >= 0.3 is 0 Å². The van der Waals surface area contributed by atoms with Crippen molar-refractivity contribution in [3.05, 3.63) is 89.0 Å². The van der Waals surface area contributed by atoms with E-state index in [1.165, 1.54) is 33.3 Å². The van der Waals surface area contributed by atoms with Gasteiger partial charge in [0.15, 0.2) is 5.11 Å². The van der Waals surface area contributed by atoms with Gasteiger partial charge in [-0.3, -0.25) is 0 Å². The zero-order chi connectivity index (χ0) is 21.1. The van der Waals surface area contributed by atoms with Crippen molar-refractivity contribution in [1.82, 2.24) is 9.88 Å². The molecule has 154 valence electrons. The number of nitrogens with zero attached hydrogens (tertiary/aromatic N) is 1. The molecule has 0 aliphatic heterocycles. The van der Waals surface area contributed by atoms with Crippen LogP contribution in [0.5, 0.6) is 0 Å². The van der Waals surface area contributed by atoms with E-state index in [1.807, 2.05) is 12.1 Å². The third-order valence-electron chi connectivity index (χ3n) is 5.35. The fraction of sp³-hybridized carbons (Fsp3) is 0.240. The topological polar surface area (TPSA) is 44.2 Å². The van der Waals surface area contributed by atoms with Crippen LogP contribution in [0.25, 0.3) is 10.9 Å². The summed E-state index contributed by atoms with van der Waals surface area (Å²) in [4.78, 5) is 5.67. The summed E-state index contributed by atoms with van der Waals surface area (Å²) in [6.07, 6.45) is 2.60. The van der Waals surface area contributed by atoms with E-state index in [2.05, 4.69) is 78.4 Å². The second-order valence-corrected chi connectivity index (χ2v) is 8.22. The quantitative estimate of drug-likeness (QED) is 0.371. The molecule has 2 aromatic heterocycles. The molecule has 30 heavy (non-hydrogen) atoms. The Hall–Kier alpha value is -3.05. The van der Waals surface area contributed by atoms with Crippen molar-refractivity contribution in [2.24, 2.45) is 0 Å². The molecular formula is C25H27N3OS. The number of hydrogen-bond donors (Lipinski definition) is 2. The van der Waals surface area contributed by atoms with E-state index in [-0.39, 0.29) is 0 Å². The van der Waals surface area contributed by atoms with Gasteiger partial charge in [-0.15, -0.1) is 0 Å². The Bertz CT molecular complexity index is 1140. The largest absolute Gasteiger partial charge is 0.467 e. The fourth-order valence-corrected chi connectivity index (χ4v) is 4.27. The maximum atomic E-state index is 5.81. The molecule has 0 aliphatic rings. The lowest BCUT2D eigenvalue weighted by Gasteiger charge is -2.25. The average Bonchev–Trinajstić information content (AvgIpc) is 3.31. The summed E-state index contributed by atoms with van der Waals surface area (Å²) in [5, 5.41) is 5.41. The number of anilines is 1. The lowest BCUT2D eigenvalue weighted by Crippen LogP contribution is -2.35. The van der Waals surface area contributed by atoms with Crippen LogP contribution in [-0.4, -0.2) is 21.5 Å². The van der Waals surface area contributed by atoms with E-state index in [9.17, 15) is 0 Å². The van der Waals surface area contributed by atoms with E-state index in [1.54, 1.807) is 6.26 Å². The van der Waals surface area contributed by atoms with Gasteiger partial charge in [-0.05, 0) is 86.4 Å². The van der Waals surface area contributed by atoms with Gasteiger partial charge in [0.2, 0.25) is 0 Å². The second-order valence-electron chi connectivity index (χ2n) is 7.83. The molecule has 2 N–H and O–H groups in total. The number of aromatic nitrogens is 1. The van der Waals surface area contributed by atoms with Crippen LogP contribution < -0.4 is 5.32 Å². The number of rotatable bonds is 6. The first-order valence-corrected chi connectivity index (χ1v) is 10.6. The molecule has 0 radical (unpaired) electrons. The van der Waals surface area contributed by atoms with Crippen LogP contribution in [0.15, 0.2) is 65.3 Å². The van der Waals surface area contributed by atoms with Gasteiger partial charge in [0.1, 0.15) is 5.76 Å². The number of nitrogens with one attached hydrogen (secondary N) is 2. The lowest BCUT2D eigenvalue weighted by atomic mass is 10.1. The molecule has 4 aromatic rings. The number of para-hydroxylation sites is 1. The van der Waals surface area contributed by atoms with Crippen LogP contribution in [0.2, 0.25) is 0 Å². The Kier molecular flexibility index (Phi) is 5.91. The van der Waals surface area contributed by atoms with Crippen LogP contribution in [0.1, 0.15) is 28.1 Å². The maximum absolute atomic E-state index is 5.81. The molecule has 0 unspecified atom stereocenters. The monoisotopic (exact) mass is 417 g/mol. The number of aromatic amines is 1. The summed E-state index contributed by atoms with van der Waals surface area (Å²) in [6.45, 7) is 7.76. The SMILES string of the molecule is Cc1cc(C)cc(NC(=S)N(CCc2c(C)[nH]c3ccccc23)Cc2ccco2)c1. The minimum atomic E-state index is 0.630. The lowest BCUT2D eigenvalue weighted by molar-refractivity contribution is 0.368. The minimum Gasteiger partial charge on any atom is -0.467 e. The van der Waals surface area contributed by atoms with Gasteiger partial charge in [0, 0.05) is 28.8 Å². The highest BCUT2D eigenvalue weighted by Crippen LogP contribution is 2.23. The Morgan fingerprint density at radius 2 is 1.80 bits per heavy atom. The third-order valence-corrected chi connectivity index (χ3v) is 5.71. The van der Waals surface area contributed by atoms with Gasteiger partial charge in [-0.1, -0.05) is 24.3 Å². The molecule has 5 heteroatoms. The molecule has 0 aliphatic carbocycles. The van der Waals surface area contributed by atoms with Gasteiger partial charge in [-0.25, -0.2) is 0 Å². The van der Waals surface area contributed by atoms with Crippen LogP contribution in [0.3, 0.4) is 0 Å². The molecule has 4 rings (SSSR count). The van der Waals surface area contributed by atoms with Crippen molar-refractivity contribution in [3.63, 3.8) is 0 Å². The number of H-pyrrole nitrogens is 1. The number of aryl methyl sites for hydroxylation is 3. The summed E-state index contributed by atoms with van der Waals surface area (Å²) < 4.78 is 5.60. The summed E-state index contributed by atoms with van der Waals surface area (Å²) >= 11 is 5.81. The Labute approximate surface area is 182 Å². The first-order chi connectivity index (χ1) is 14.5. The van der Waals surface area contributed by atoms with Crippen molar-refractivity contribution in [2.75, 3.05) is 11.9 Å². The van der Waals surface area contributed by atoms with Gasteiger partial charge in [0.25, 0.3) is 0 Å². The molecule has 0 amide bonds. The number of fused-ring (bicyclic) bond motifs is 1. The van der Waals surface area contributed by atoms with Crippen molar-refractivity contribution in [3.8, 4) is 0 Å². The molecule has 0 saturated carbocycles. The Balaban J connectivity index is 1.54. The second kappa shape index (κ2) is 8.76. The molecule has 4 nitrogen and oxygen atoms in total. The molecule has 0 bridgehead atoms. The molecule has 0 atom stereocenters. The van der Waals surface area contributed by atoms with Gasteiger partial charge < -0.3 is 19.6 Å². The van der Waals surface area contributed by atoms with Gasteiger partial charge in [-0.2, -0.15) is 0 Å². The van der Waals surface area contributed by atoms with Crippen LogP contribution >= 0.6 is 12.2 Å². The third kappa shape index (κ3) is 4.57. The minimum absolute atomic E-state index is 0.630. The van der Waals surface area contributed by atoms with Gasteiger partial charge in [0.05, 0.1) is 12.8 Å². The maximum Gasteiger partial charge on any atom is 0.173 e. The van der Waals surface area contributed by atoms with E-state index < -0.39 is 0 Å². The molecule has 0 saturated heterocycles. The van der Waals surface area contributed by atoms with Crippen LogP contribution in [-0.2, 0) is 13.0 Å². The summed E-state index contributed by atoms with van der Waals surface area (Å²) in [7, 11) is 0. The summed E-state index contributed by atoms with van der Waals surface area (Å²) in [5.74, 6) is 0.898. The first-order valence-electron chi connectivity index (χ1n) is 10.2. The Morgan fingerprint density at radius 3 is 2.53 bits per heavy atom. The standard InChI is InChI=1S/C25H27N3OS/c1-17-13-18(2)15-20(14-17)27-25(30)28(16-21-7-6-12-29-21)11-10-22-19(3)26-24-9-5-4-8-23(22)24/h4-9,12-15,26H,10-11,16H2,1-3H3,(H,27,30). The number of hydrogen-bond acceptors (Lipinski definition) is 2. The molecule has 2 heterocycles. The molecule has 0 spiro atoms. The fourth-order valence-electron chi connectivity index (χ4n) is 4.00. The van der Waals surface area contributed by atoms with Crippen molar-refractivity contribution in [2.45, 2.75) is 33.7 Å². The number of furan rings is 1. The summed E-state index contributed by atoms with van der Waals surface area (Å²) in [6, 6.07) is 18.8. The highest BCUT2D eigenvalue weighted by Gasteiger charge is 2.15. The Morgan fingerprint density at radius 1 is 1.03 bits per heavy atom. The van der Waals surface area contributed by atoms with Crippen molar-refractivity contribution >= 4 is 33.9 Å². The van der Waals surface area contributed by atoms with E-state index in [0.717, 1.165) is 24.4 Å². The zero-order valence-corrected chi connectivity index (χ0v) is 18.5. The average molecular weight is 418 g/mol. The highest BCUT2D eigenvalue weighted by molar-refractivity contribution is 7.80. The zero-order valence-electron chi connectivity index (χ0n) is 17.7. The highest BCUT2D eigenvalue weighted by atomic mass is 32.1. The smallest absolute Gasteiger partial charge is 0.173 e. The van der Waals surface area contributed by atoms with Crippen LogP contribution in [0.4, 0.5) is 5.69 Å². The number of benzene rings is 2. The van der Waals surface area contributed by atoms with Crippen molar-refractivity contribution in [1.29, 1.82) is 0 Å². The number of thiocarbonyl (C=S) groups is 1. The predicted octanol–water partition coefficient (Wildman–Crippen LogP) is 6.13. The van der Waals surface area contributed by atoms with E-state index in [0.29, 0.717) is 11.7 Å². The van der Waals surface area contributed by atoms with E-state index >= 15 is 0 Å². The normalized spacial score (nSPS) is 11.0. The molecular weight excluding hydrogens is 390 g/mol. The van der Waals surface area contributed by atoms with E-state index in [4.69, 9.17) is 16.6 Å². The molecule has 0 fully saturated rings. The predicted molar refractivity (Wildman–Crippen MR) is 128 cm³/mol. The first kappa shape index (κ1) is 20.2. The van der Waals surface area contributed by atoms with Crippen LogP contribution in [0, 0.1) is 20.8 Å². The summed E-state index contributed by atoms with van der Waals surface area (Å²) in [5.41, 5.74) is 7.18.